The van der Waals surface area contributed by atoms with Gasteiger partial charge < -0.3 is 14.6 Å². The van der Waals surface area contributed by atoms with Crippen LogP contribution in [-0.2, 0) is 0 Å². The number of carbonyl (C=O) groups is 1. The molecular formula is C14H15NO4. The zero-order chi connectivity index (χ0) is 13.8. The fourth-order valence-corrected chi connectivity index (χ4v) is 1.88. The number of rotatable bonds is 5. The molecule has 1 aromatic heterocycles. The van der Waals surface area contributed by atoms with Crippen LogP contribution in [0.25, 0.3) is 10.9 Å². The van der Waals surface area contributed by atoms with Crippen LogP contribution in [0.2, 0.25) is 0 Å². The first-order chi connectivity index (χ1) is 9.17. The number of hydrogen-bond donors (Lipinski definition) is 1. The maximum atomic E-state index is 11.2. The van der Waals surface area contributed by atoms with Gasteiger partial charge in [0, 0.05) is 17.6 Å². The van der Waals surface area contributed by atoms with Crippen LogP contribution in [-0.4, -0.2) is 29.3 Å². The average Bonchev–Trinajstić information content (AvgIpc) is 2.39. The molecule has 0 aliphatic heterocycles. The number of hydrogen-bond acceptors (Lipinski definition) is 4. The Morgan fingerprint density at radius 1 is 1.21 bits per heavy atom. The van der Waals surface area contributed by atoms with Crippen molar-refractivity contribution in [1.29, 1.82) is 0 Å². The topological polar surface area (TPSA) is 68.7 Å². The number of aromatic nitrogens is 1. The van der Waals surface area contributed by atoms with E-state index in [0.29, 0.717) is 35.6 Å². The first-order valence-corrected chi connectivity index (χ1v) is 6.09. The molecule has 5 nitrogen and oxygen atoms in total. The Hall–Kier alpha value is -2.30. The van der Waals surface area contributed by atoms with Gasteiger partial charge in [-0.15, -0.1) is 0 Å². The molecule has 1 heterocycles. The number of pyridine rings is 1. The largest absolute Gasteiger partial charge is 0.490 e. The predicted octanol–water partition coefficient (Wildman–Crippen LogP) is 2.73. The minimum Gasteiger partial charge on any atom is -0.490 e. The van der Waals surface area contributed by atoms with Crippen LogP contribution in [0.4, 0.5) is 0 Å². The molecule has 0 radical (unpaired) electrons. The van der Waals surface area contributed by atoms with Crippen molar-refractivity contribution in [3.63, 3.8) is 0 Å². The molecule has 2 rings (SSSR count). The third-order valence-corrected chi connectivity index (χ3v) is 2.64. The van der Waals surface area contributed by atoms with E-state index in [-0.39, 0.29) is 5.56 Å². The van der Waals surface area contributed by atoms with Gasteiger partial charge in [0.25, 0.3) is 0 Å². The minimum atomic E-state index is -0.987. The summed E-state index contributed by atoms with van der Waals surface area (Å²) >= 11 is 0. The Bertz CT molecular complexity index is 610. The van der Waals surface area contributed by atoms with Crippen molar-refractivity contribution in [3.8, 4) is 11.5 Å². The molecule has 19 heavy (non-hydrogen) atoms. The van der Waals surface area contributed by atoms with Crippen molar-refractivity contribution in [1.82, 2.24) is 4.98 Å². The summed E-state index contributed by atoms with van der Waals surface area (Å²) in [5, 5.41) is 9.72. The number of fused-ring (bicyclic) bond motifs is 1. The summed E-state index contributed by atoms with van der Waals surface area (Å²) in [6.45, 7) is 4.72. The molecule has 0 atom stereocenters. The van der Waals surface area contributed by atoms with E-state index in [1.165, 1.54) is 12.3 Å². The Kier molecular flexibility index (Phi) is 3.85. The summed E-state index contributed by atoms with van der Waals surface area (Å²) in [4.78, 5) is 15.4. The van der Waals surface area contributed by atoms with E-state index in [1.807, 2.05) is 13.8 Å². The molecule has 0 fully saturated rings. The summed E-state index contributed by atoms with van der Waals surface area (Å²) in [7, 11) is 0. The highest BCUT2D eigenvalue weighted by Crippen LogP contribution is 2.33. The number of carboxylic acid groups (broad SMARTS) is 1. The highest BCUT2D eigenvalue weighted by atomic mass is 16.5. The maximum Gasteiger partial charge on any atom is 0.336 e. The van der Waals surface area contributed by atoms with Crippen LogP contribution in [0.15, 0.2) is 24.4 Å². The van der Waals surface area contributed by atoms with E-state index < -0.39 is 5.97 Å². The van der Waals surface area contributed by atoms with E-state index in [4.69, 9.17) is 9.47 Å². The van der Waals surface area contributed by atoms with Gasteiger partial charge in [-0.05, 0) is 26.0 Å². The summed E-state index contributed by atoms with van der Waals surface area (Å²) in [5.41, 5.74) is 0.779. The predicted molar refractivity (Wildman–Crippen MR) is 71.0 cm³/mol. The smallest absolute Gasteiger partial charge is 0.336 e. The van der Waals surface area contributed by atoms with E-state index >= 15 is 0 Å². The van der Waals surface area contributed by atoms with Crippen LogP contribution in [0, 0.1) is 0 Å². The Morgan fingerprint density at radius 3 is 2.42 bits per heavy atom. The quantitative estimate of drug-likeness (QED) is 0.896. The number of benzene rings is 1. The molecule has 1 N–H and O–H groups in total. The zero-order valence-corrected chi connectivity index (χ0v) is 10.8. The van der Waals surface area contributed by atoms with Gasteiger partial charge in [0.1, 0.15) is 0 Å². The van der Waals surface area contributed by atoms with E-state index in [2.05, 4.69) is 4.98 Å². The van der Waals surface area contributed by atoms with Crippen molar-refractivity contribution in [2.45, 2.75) is 13.8 Å². The molecule has 0 bridgehead atoms. The Labute approximate surface area is 110 Å². The minimum absolute atomic E-state index is 0.203. The molecule has 100 valence electrons. The van der Waals surface area contributed by atoms with Gasteiger partial charge in [0.2, 0.25) is 0 Å². The molecule has 2 aromatic rings. The lowest BCUT2D eigenvalue weighted by Gasteiger charge is -2.12. The van der Waals surface area contributed by atoms with Crippen molar-refractivity contribution in [2.24, 2.45) is 0 Å². The zero-order valence-electron chi connectivity index (χ0n) is 10.8. The molecule has 0 aliphatic rings. The van der Waals surface area contributed by atoms with Gasteiger partial charge in [0.05, 0.1) is 24.3 Å². The van der Waals surface area contributed by atoms with Crippen LogP contribution in [0.1, 0.15) is 24.2 Å². The van der Waals surface area contributed by atoms with Crippen molar-refractivity contribution < 1.29 is 19.4 Å². The number of aromatic carboxylic acids is 1. The lowest BCUT2D eigenvalue weighted by atomic mass is 10.1. The van der Waals surface area contributed by atoms with Crippen LogP contribution in [0.5, 0.6) is 11.5 Å². The monoisotopic (exact) mass is 261 g/mol. The van der Waals surface area contributed by atoms with Crippen LogP contribution < -0.4 is 9.47 Å². The van der Waals surface area contributed by atoms with Gasteiger partial charge in [0.15, 0.2) is 11.5 Å². The van der Waals surface area contributed by atoms with Gasteiger partial charge in [-0.2, -0.15) is 0 Å². The van der Waals surface area contributed by atoms with E-state index in [1.54, 1.807) is 12.1 Å². The molecule has 0 saturated heterocycles. The van der Waals surface area contributed by atoms with E-state index in [9.17, 15) is 9.90 Å². The lowest BCUT2D eigenvalue weighted by molar-refractivity contribution is 0.0699. The molecule has 5 heteroatoms. The average molecular weight is 261 g/mol. The molecule has 0 spiro atoms. The molecule has 0 unspecified atom stereocenters. The highest BCUT2D eigenvalue weighted by Gasteiger charge is 2.13. The molecular weight excluding hydrogens is 246 g/mol. The second kappa shape index (κ2) is 5.56. The Morgan fingerprint density at radius 2 is 1.84 bits per heavy atom. The SMILES string of the molecule is CCOc1cc2nccc(C(=O)O)c2cc1OCC. The third-order valence-electron chi connectivity index (χ3n) is 2.64. The highest BCUT2D eigenvalue weighted by molar-refractivity contribution is 6.03. The summed E-state index contributed by atoms with van der Waals surface area (Å²) < 4.78 is 11.0. The molecule has 0 amide bonds. The van der Waals surface area contributed by atoms with E-state index in [0.717, 1.165) is 0 Å². The second-order valence-electron chi connectivity index (χ2n) is 3.85. The number of ether oxygens (including phenoxy) is 2. The molecule has 1 aromatic carbocycles. The summed E-state index contributed by atoms with van der Waals surface area (Å²) in [6.07, 6.45) is 1.47. The first-order valence-electron chi connectivity index (χ1n) is 6.09. The van der Waals surface area contributed by atoms with Gasteiger partial charge in [-0.25, -0.2) is 4.79 Å². The Balaban J connectivity index is 2.66. The summed E-state index contributed by atoms with van der Waals surface area (Å²) in [6, 6.07) is 4.84. The standard InChI is InChI=1S/C14H15NO4/c1-3-18-12-7-10-9(14(16)17)5-6-15-11(10)8-13(12)19-4-2/h5-8H,3-4H2,1-2H3,(H,16,17). The van der Waals surface area contributed by atoms with Gasteiger partial charge in [-0.3, -0.25) is 4.98 Å². The normalized spacial score (nSPS) is 10.4. The molecule has 0 saturated carbocycles. The fourth-order valence-electron chi connectivity index (χ4n) is 1.88. The number of nitrogens with zero attached hydrogens (tertiary/aromatic N) is 1. The number of carboxylic acids is 1. The van der Waals surface area contributed by atoms with Gasteiger partial charge >= 0.3 is 5.97 Å². The van der Waals surface area contributed by atoms with Crippen molar-refractivity contribution in [3.05, 3.63) is 30.0 Å². The van der Waals surface area contributed by atoms with Gasteiger partial charge in [-0.1, -0.05) is 0 Å². The lowest BCUT2D eigenvalue weighted by Crippen LogP contribution is -2.02. The molecule has 0 aliphatic carbocycles. The third kappa shape index (κ3) is 2.59. The van der Waals surface area contributed by atoms with Crippen molar-refractivity contribution >= 4 is 16.9 Å². The van der Waals surface area contributed by atoms with Crippen molar-refractivity contribution in [2.75, 3.05) is 13.2 Å². The van der Waals surface area contributed by atoms with Crippen LogP contribution in [0.3, 0.4) is 0 Å². The first kappa shape index (κ1) is 13.1. The second-order valence-corrected chi connectivity index (χ2v) is 3.85. The maximum absolute atomic E-state index is 11.2. The van der Waals surface area contributed by atoms with Crippen LogP contribution >= 0.6 is 0 Å². The summed E-state index contributed by atoms with van der Waals surface area (Å²) in [5.74, 6) is 0.123. The fraction of sp³-hybridized carbons (Fsp3) is 0.286.